The Bertz CT molecular complexity index is 632. The number of aromatic nitrogens is 1. The average molecular weight is 327 g/mol. The average Bonchev–Trinajstić information content (AvgIpc) is 2.88. The number of hydrogen-bond acceptors (Lipinski definition) is 6. The Morgan fingerprint density at radius 1 is 1.33 bits per heavy atom. The van der Waals surface area contributed by atoms with Crippen molar-refractivity contribution in [2.75, 3.05) is 17.2 Å². The molecule has 8 heteroatoms. The van der Waals surface area contributed by atoms with Crippen molar-refractivity contribution < 1.29 is 4.92 Å². The zero-order chi connectivity index (χ0) is 15.2. The fraction of sp³-hybridized carbons (Fsp3) is 0.308. The maximum atomic E-state index is 11.0. The molecular formula is C13H15ClN4O2S. The van der Waals surface area contributed by atoms with Crippen molar-refractivity contribution in [1.82, 2.24) is 4.98 Å². The van der Waals surface area contributed by atoms with Gasteiger partial charge in [0.2, 0.25) is 0 Å². The zero-order valence-corrected chi connectivity index (χ0v) is 13.0. The number of rotatable bonds is 7. The van der Waals surface area contributed by atoms with Crippen LogP contribution in [0.4, 0.5) is 17.3 Å². The lowest BCUT2D eigenvalue weighted by atomic mass is 10.3. The van der Waals surface area contributed by atoms with Crippen molar-refractivity contribution >= 4 is 40.3 Å². The standard InChI is InChI=1S/C13H15ClN4O2S/c1-2-5-15-12-6-9(18(19)20)7-13(17-12)16-8-10-3-4-11(14)21-10/h3-4,6-7H,2,5,8H2,1H3,(H2,15,16,17). The monoisotopic (exact) mass is 326 g/mol. The molecule has 112 valence electrons. The summed E-state index contributed by atoms with van der Waals surface area (Å²) in [6, 6.07) is 6.58. The van der Waals surface area contributed by atoms with Crippen molar-refractivity contribution in [1.29, 1.82) is 0 Å². The molecule has 0 amide bonds. The van der Waals surface area contributed by atoms with Gasteiger partial charge in [-0.3, -0.25) is 10.1 Å². The molecule has 0 aliphatic carbocycles. The van der Waals surface area contributed by atoms with Gasteiger partial charge in [0, 0.05) is 11.4 Å². The fourth-order valence-electron chi connectivity index (χ4n) is 1.68. The van der Waals surface area contributed by atoms with Gasteiger partial charge in [0.05, 0.1) is 27.9 Å². The van der Waals surface area contributed by atoms with Crippen molar-refractivity contribution in [3.8, 4) is 0 Å². The summed E-state index contributed by atoms with van der Waals surface area (Å²) in [5.74, 6) is 0.963. The zero-order valence-electron chi connectivity index (χ0n) is 11.4. The van der Waals surface area contributed by atoms with E-state index in [1.807, 2.05) is 19.1 Å². The highest BCUT2D eigenvalue weighted by molar-refractivity contribution is 7.16. The summed E-state index contributed by atoms with van der Waals surface area (Å²) < 4.78 is 0.712. The van der Waals surface area contributed by atoms with Crippen LogP contribution < -0.4 is 10.6 Å². The van der Waals surface area contributed by atoms with Crippen LogP contribution in [0, 0.1) is 10.1 Å². The summed E-state index contributed by atoms with van der Waals surface area (Å²) in [5, 5.41) is 17.1. The van der Waals surface area contributed by atoms with Crippen LogP contribution in [0.15, 0.2) is 24.3 Å². The molecule has 21 heavy (non-hydrogen) atoms. The molecule has 0 spiro atoms. The first-order valence-electron chi connectivity index (χ1n) is 6.47. The van der Waals surface area contributed by atoms with Gasteiger partial charge < -0.3 is 10.6 Å². The minimum Gasteiger partial charge on any atom is -0.370 e. The van der Waals surface area contributed by atoms with Gasteiger partial charge >= 0.3 is 0 Å². The number of hydrogen-bond donors (Lipinski definition) is 2. The first-order chi connectivity index (χ1) is 10.1. The molecule has 0 aromatic carbocycles. The molecule has 0 fully saturated rings. The molecule has 0 saturated heterocycles. The molecule has 0 radical (unpaired) electrons. The van der Waals surface area contributed by atoms with Crippen LogP contribution in [0.2, 0.25) is 4.34 Å². The van der Waals surface area contributed by atoms with Gasteiger partial charge in [-0.1, -0.05) is 18.5 Å². The summed E-state index contributed by atoms with van der Waals surface area (Å²) in [7, 11) is 0. The second-order valence-corrected chi connectivity index (χ2v) is 6.14. The number of nitrogens with zero attached hydrogens (tertiary/aromatic N) is 2. The fourth-order valence-corrected chi connectivity index (χ4v) is 2.71. The van der Waals surface area contributed by atoms with Crippen molar-refractivity contribution in [2.24, 2.45) is 0 Å². The molecule has 0 aliphatic rings. The van der Waals surface area contributed by atoms with Crippen LogP contribution in [-0.4, -0.2) is 16.5 Å². The van der Waals surface area contributed by atoms with Crippen LogP contribution in [0.1, 0.15) is 18.2 Å². The molecule has 2 heterocycles. The SMILES string of the molecule is CCCNc1cc([N+](=O)[O-])cc(NCc2ccc(Cl)s2)n1. The van der Waals surface area contributed by atoms with Crippen molar-refractivity contribution in [3.63, 3.8) is 0 Å². The summed E-state index contributed by atoms with van der Waals surface area (Å²) in [6.07, 6.45) is 0.917. The van der Waals surface area contributed by atoms with E-state index in [-0.39, 0.29) is 5.69 Å². The van der Waals surface area contributed by atoms with E-state index in [0.29, 0.717) is 29.1 Å². The Balaban J connectivity index is 2.12. The van der Waals surface area contributed by atoms with E-state index in [2.05, 4.69) is 15.6 Å². The highest BCUT2D eigenvalue weighted by Gasteiger charge is 2.11. The van der Waals surface area contributed by atoms with Gasteiger partial charge in [-0.2, -0.15) is 0 Å². The first kappa shape index (κ1) is 15.5. The molecule has 0 atom stereocenters. The van der Waals surface area contributed by atoms with Crippen LogP contribution in [0.3, 0.4) is 0 Å². The normalized spacial score (nSPS) is 10.4. The predicted molar refractivity (Wildman–Crippen MR) is 86.3 cm³/mol. The molecular weight excluding hydrogens is 312 g/mol. The van der Waals surface area contributed by atoms with Crippen LogP contribution in [0.5, 0.6) is 0 Å². The number of thiophene rings is 1. The largest absolute Gasteiger partial charge is 0.370 e. The number of nitro groups is 1. The van der Waals surface area contributed by atoms with Crippen LogP contribution in [0.25, 0.3) is 0 Å². The van der Waals surface area contributed by atoms with Crippen LogP contribution in [-0.2, 0) is 6.54 Å². The molecule has 0 unspecified atom stereocenters. The Labute approximate surface area is 131 Å². The van der Waals surface area contributed by atoms with Crippen molar-refractivity contribution in [2.45, 2.75) is 19.9 Å². The lowest BCUT2D eigenvalue weighted by Crippen LogP contribution is -2.06. The van der Waals surface area contributed by atoms with Gasteiger partial charge in [0.15, 0.2) is 0 Å². The summed E-state index contributed by atoms with van der Waals surface area (Å²) in [5.41, 5.74) is 0.00955. The quantitative estimate of drug-likeness (QED) is 0.590. The summed E-state index contributed by atoms with van der Waals surface area (Å²) in [6.45, 7) is 3.26. The lowest BCUT2D eigenvalue weighted by Gasteiger charge is -2.08. The van der Waals surface area contributed by atoms with Gasteiger partial charge in [-0.05, 0) is 18.6 Å². The van der Waals surface area contributed by atoms with E-state index in [1.54, 1.807) is 0 Å². The molecule has 6 nitrogen and oxygen atoms in total. The van der Waals surface area contributed by atoms with Crippen LogP contribution >= 0.6 is 22.9 Å². The third-order valence-corrected chi connectivity index (χ3v) is 3.88. The second-order valence-electron chi connectivity index (χ2n) is 4.34. The minimum atomic E-state index is -0.425. The Morgan fingerprint density at radius 3 is 2.62 bits per heavy atom. The molecule has 2 rings (SSSR count). The smallest absolute Gasteiger partial charge is 0.276 e. The molecule has 2 aromatic heterocycles. The maximum absolute atomic E-state index is 11.0. The number of pyridine rings is 1. The topological polar surface area (TPSA) is 80.1 Å². The summed E-state index contributed by atoms with van der Waals surface area (Å²) in [4.78, 5) is 15.9. The number of anilines is 2. The first-order valence-corrected chi connectivity index (χ1v) is 7.66. The summed E-state index contributed by atoms with van der Waals surface area (Å²) >= 11 is 7.33. The highest BCUT2D eigenvalue weighted by atomic mass is 35.5. The molecule has 0 saturated carbocycles. The van der Waals surface area contributed by atoms with Gasteiger partial charge in [-0.15, -0.1) is 11.3 Å². The second kappa shape index (κ2) is 7.24. The molecule has 2 aromatic rings. The lowest BCUT2D eigenvalue weighted by molar-refractivity contribution is -0.384. The van der Waals surface area contributed by atoms with E-state index in [0.717, 1.165) is 11.3 Å². The van der Waals surface area contributed by atoms with Gasteiger partial charge in [-0.25, -0.2) is 4.98 Å². The van der Waals surface area contributed by atoms with E-state index >= 15 is 0 Å². The molecule has 2 N–H and O–H groups in total. The highest BCUT2D eigenvalue weighted by Crippen LogP contribution is 2.24. The number of halogens is 1. The van der Waals surface area contributed by atoms with Gasteiger partial charge in [0.25, 0.3) is 5.69 Å². The van der Waals surface area contributed by atoms with E-state index in [4.69, 9.17) is 11.6 Å². The maximum Gasteiger partial charge on any atom is 0.276 e. The Kier molecular flexibility index (Phi) is 5.35. The van der Waals surface area contributed by atoms with E-state index in [9.17, 15) is 10.1 Å². The minimum absolute atomic E-state index is 0.00955. The third kappa shape index (κ3) is 4.57. The van der Waals surface area contributed by atoms with Crippen molar-refractivity contribution in [3.05, 3.63) is 43.6 Å². The van der Waals surface area contributed by atoms with E-state index < -0.39 is 4.92 Å². The molecule has 0 aliphatic heterocycles. The van der Waals surface area contributed by atoms with E-state index in [1.165, 1.54) is 23.5 Å². The Morgan fingerprint density at radius 2 is 2.05 bits per heavy atom. The number of nitrogens with one attached hydrogen (secondary N) is 2. The molecule has 0 bridgehead atoms. The Hall–Kier alpha value is -1.86. The predicted octanol–water partition coefficient (Wildman–Crippen LogP) is 4.14. The third-order valence-electron chi connectivity index (χ3n) is 2.65. The van der Waals surface area contributed by atoms with Gasteiger partial charge in [0.1, 0.15) is 11.6 Å².